The highest BCUT2D eigenvalue weighted by Gasteiger charge is 2.38. The minimum Gasteiger partial charge on any atom is -0.462 e. The molecule has 6 rings (SSSR count). The minimum atomic E-state index is -2.72. The van der Waals surface area contributed by atoms with Crippen molar-refractivity contribution >= 4 is 45.1 Å². The van der Waals surface area contributed by atoms with Gasteiger partial charge in [-0.05, 0) is 38.5 Å². The van der Waals surface area contributed by atoms with Gasteiger partial charge in [-0.15, -0.1) is 0 Å². The van der Waals surface area contributed by atoms with Crippen LogP contribution < -0.4 is 9.64 Å². The van der Waals surface area contributed by atoms with E-state index in [1.54, 1.807) is 22.1 Å². The molecule has 4 heterocycles. The van der Waals surface area contributed by atoms with Gasteiger partial charge < -0.3 is 14.5 Å². The zero-order valence-corrected chi connectivity index (χ0v) is 25.5. The van der Waals surface area contributed by atoms with E-state index >= 15 is 4.39 Å². The predicted octanol–water partition coefficient (Wildman–Crippen LogP) is 5.61. The molecule has 0 spiro atoms. The number of piperazine rings is 1. The number of halogens is 4. The summed E-state index contributed by atoms with van der Waals surface area (Å²) in [6.07, 6.45) is 2.75. The molecule has 0 bridgehead atoms. The lowest BCUT2D eigenvalue weighted by Gasteiger charge is -2.44. The van der Waals surface area contributed by atoms with Crippen molar-refractivity contribution in [1.82, 2.24) is 30.0 Å². The van der Waals surface area contributed by atoms with Gasteiger partial charge in [0.25, 0.3) is 5.92 Å². The highest BCUT2D eigenvalue weighted by atomic mass is 35.5. The minimum absolute atomic E-state index is 0.0116. The number of nitrogens with one attached hydrogen (secondary N) is 1. The molecule has 4 aromatic rings. The van der Waals surface area contributed by atoms with Gasteiger partial charge in [0, 0.05) is 66.6 Å². The number of anilines is 1. The number of hydrogen-bond acceptors (Lipinski definition) is 7. The molecule has 2 aromatic heterocycles. The second-order valence-electron chi connectivity index (χ2n) is 11.6. The fourth-order valence-electron chi connectivity index (χ4n) is 6.22. The SMILES string of the molecule is C=CC(=O)N1C[C@H](C)N(c2nc(OCCN3CCC(F)(F)C3)nc3c(F)c(-c4c(C)ccc5cn[nH]c45)c(Cl)cc23)C[C@H]1C. The monoisotopic (exact) mass is 627 g/mol. The van der Waals surface area contributed by atoms with E-state index in [0.29, 0.717) is 35.4 Å². The van der Waals surface area contributed by atoms with Crippen LogP contribution in [0.3, 0.4) is 0 Å². The highest BCUT2D eigenvalue weighted by molar-refractivity contribution is 6.35. The van der Waals surface area contributed by atoms with Crippen molar-refractivity contribution in [3.05, 3.63) is 53.5 Å². The van der Waals surface area contributed by atoms with Crippen LogP contribution in [-0.2, 0) is 4.79 Å². The topological polar surface area (TPSA) is 90.5 Å². The first-order chi connectivity index (χ1) is 21.0. The molecule has 44 heavy (non-hydrogen) atoms. The second-order valence-corrected chi connectivity index (χ2v) is 12.0. The molecule has 232 valence electrons. The van der Waals surface area contributed by atoms with Crippen LogP contribution in [0.4, 0.5) is 19.0 Å². The average molecular weight is 628 g/mol. The van der Waals surface area contributed by atoms with Crippen LogP contribution in [0.1, 0.15) is 25.8 Å². The predicted molar refractivity (Wildman–Crippen MR) is 164 cm³/mol. The first kappa shape index (κ1) is 30.1. The molecule has 2 saturated heterocycles. The normalized spacial score (nSPS) is 20.5. The van der Waals surface area contributed by atoms with Gasteiger partial charge in [0.2, 0.25) is 5.91 Å². The number of likely N-dealkylation sites (tertiary alicyclic amines) is 1. The number of ether oxygens (including phenoxy) is 1. The summed E-state index contributed by atoms with van der Waals surface area (Å²) in [5.74, 6) is -3.13. The molecule has 2 aliphatic heterocycles. The Bertz CT molecular complexity index is 1760. The van der Waals surface area contributed by atoms with Crippen molar-refractivity contribution in [1.29, 1.82) is 0 Å². The van der Waals surface area contributed by atoms with E-state index in [1.807, 2.05) is 37.8 Å². The number of hydrogen-bond donors (Lipinski definition) is 1. The van der Waals surface area contributed by atoms with Gasteiger partial charge in [0.1, 0.15) is 17.9 Å². The summed E-state index contributed by atoms with van der Waals surface area (Å²) in [6.45, 7) is 10.4. The fraction of sp³-hybridized carbons (Fsp3) is 0.419. The van der Waals surface area contributed by atoms with Gasteiger partial charge in [-0.2, -0.15) is 15.1 Å². The molecule has 13 heteroatoms. The Morgan fingerprint density at radius 3 is 2.75 bits per heavy atom. The first-order valence-corrected chi connectivity index (χ1v) is 14.9. The first-order valence-electron chi connectivity index (χ1n) is 14.5. The highest BCUT2D eigenvalue weighted by Crippen LogP contribution is 2.42. The smallest absolute Gasteiger partial charge is 0.319 e. The van der Waals surface area contributed by atoms with E-state index in [0.717, 1.165) is 10.9 Å². The van der Waals surface area contributed by atoms with E-state index in [4.69, 9.17) is 21.3 Å². The van der Waals surface area contributed by atoms with Gasteiger partial charge in [-0.1, -0.05) is 30.3 Å². The number of fused-ring (bicyclic) bond motifs is 2. The molecule has 9 nitrogen and oxygen atoms in total. The van der Waals surface area contributed by atoms with Gasteiger partial charge in [-0.3, -0.25) is 14.8 Å². The Morgan fingerprint density at radius 1 is 1.23 bits per heavy atom. The Kier molecular flexibility index (Phi) is 7.91. The molecule has 0 radical (unpaired) electrons. The molecular formula is C31H33ClF3N7O2. The Balaban J connectivity index is 1.45. The van der Waals surface area contributed by atoms with E-state index in [-0.39, 0.29) is 72.8 Å². The summed E-state index contributed by atoms with van der Waals surface area (Å²) >= 11 is 6.85. The molecule has 0 aliphatic carbocycles. The number of aromatic amines is 1. The number of alkyl halides is 2. The fourth-order valence-corrected chi connectivity index (χ4v) is 6.51. The summed E-state index contributed by atoms with van der Waals surface area (Å²) in [4.78, 5) is 27.0. The lowest BCUT2D eigenvalue weighted by atomic mass is 9.96. The molecule has 1 amide bonds. The van der Waals surface area contributed by atoms with Crippen LogP contribution >= 0.6 is 11.6 Å². The van der Waals surface area contributed by atoms with Crippen molar-refractivity contribution in [2.75, 3.05) is 44.2 Å². The van der Waals surface area contributed by atoms with Crippen LogP contribution in [0.2, 0.25) is 5.02 Å². The van der Waals surface area contributed by atoms with E-state index in [9.17, 15) is 13.6 Å². The van der Waals surface area contributed by atoms with E-state index in [2.05, 4.69) is 21.8 Å². The molecule has 0 saturated carbocycles. The standard InChI is InChI=1S/C31H33ClF3N7O2/c1-5-23(43)41-14-19(4)42(15-18(41)3)29-21-12-22(32)25(24-17(2)6-7-20-13-36-39-27(20)24)26(33)28(21)37-30(38-29)44-11-10-40-9-8-31(34,35)16-40/h5-7,12-13,18-19H,1,8-11,14-16H2,2-4H3,(H,36,39)/t18-,19+/m1/s1. The van der Waals surface area contributed by atoms with E-state index in [1.165, 1.54) is 6.08 Å². The zero-order chi connectivity index (χ0) is 31.3. The number of amides is 1. The average Bonchev–Trinajstić information content (AvgIpc) is 3.60. The number of nitrogens with zero attached hydrogens (tertiary/aromatic N) is 6. The maximum Gasteiger partial charge on any atom is 0.319 e. The van der Waals surface area contributed by atoms with Crippen molar-refractivity contribution in [2.24, 2.45) is 0 Å². The Hall–Kier alpha value is -3.90. The lowest BCUT2D eigenvalue weighted by molar-refractivity contribution is -0.128. The number of rotatable bonds is 7. The third-order valence-electron chi connectivity index (χ3n) is 8.52. The molecule has 0 unspecified atom stereocenters. The van der Waals surface area contributed by atoms with Crippen LogP contribution in [-0.4, -0.2) is 93.2 Å². The molecule has 2 aliphatic rings. The summed E-state index contributed by atoms with van der Waals surface area (Å²) in [6, 6.07) is 4.97. The van der Waals surface area contributed by atoms with Crippen LogP contribution in [0.25, 0.3) is 32.9 Å². The molecule has 1 N–H and O–H groups in total. The lowest BCUT2D eigenvalue weighted by Crippen LogP contribution is -2.58. The zero-order valence-electron chi connectivity index (χ0n) is 24.7. The third kappa shape index (κ3) is 5.45. The summed E-state index contributed by atoms with van der Waals surface area (Å²) in [7, 11) is 0. The van der Waals surface area contributed by atoms with Crippen molar-refractivity contribution in [3.63, 3.8) is 0 Å². The number of carbonyl (C=O) groups is 1. The van der Waals surface area contributed by atoms with Crippen molar-refractivity contribution in [2.45, 2.75) is 45.2 Å². The molecular weight excluding hydrogens is 595 g/mol. The third-order valence-corrected chi connectivity index (χ3v) is 8.82. The summed E-state index contributed by atoms with van der Waals surface area (Å²) < 4.78 is 50.1. The number of aryl methyl sites for hydroxylation is 1. The van der Waals surface area contributed by atoms with E-state index < -0.39 is 11.7 Å². The number of H-pyrrole nitrogens is 1. The second kappa shape index (κ2) is 11.6. The number of benzene rings is 2. The Labute approximate surface area is 257 Å². The van der Waals surface area contributed by atoms with Gasteiger partial charge >= 0.3 is 6.01 Å². The van der Waals surface area contributed by atoms with Gasteiger partial charge in [0.15, 0.2) is 5.82 Å². The number of carbonyl (C=O) groups excluding carboxylic acids is 1. The van der Waals surface area contributed by atoms with Crippen LogP contribution in [0.15, 0.2) is 37.1 Å². The van der Waals surface area contributed by atoms with Gasteiger partial charge in [0.05, 0.1) is 23.3 Å². The summed E-state index contributed by atoms with van der Waals surface area (Å²) in [5, 5.41) is 8.45. The largest absolute Gasteiger partial charge is 0.462 e. The van der Waals surface area contributed by atoms with Crippen molar-refractivity contribution < 1.29 is 22.7 Å². The van der Waals surface area contributed by atoms with Gasteiger partial charge in [-0.25, -0.2) is 13.2 Å². The molecule has 2 aromatic carbocycles. The Morgan fingerprint density at radius 2 is 2.02 bits per heavy atom. The van der Waals surface area contributed by atoms with Crippen molar-refractivity contribution in [3.8, 4) is 17.1 Å². The van der Waals surface area contributed by atoms with Crippen LogP contribution in [0.5, 0.6) is 6.01 Å². The maximum atomic E-state index is 16.8. The summed E-state index contributed by atoms with van der Waals surface area (Å²) in [5.41, 5.74) is 2.19. The van der Waals surface area contributed by atoms with Crippen LogP contribution in [0, 0.1) is 12.7 Å². The number of aromatic nitrogens is 4. The quantitative estimate of drug-likeness (QED) is 0.267. The molecule has 2 atom stereocenters. The maximum absolute atomic E-state index is 16.8. The molecule has 2 fully saturated rings.